The Labute approximate surface area is 183 Å². The van der Waals surface area contributed by atoms with Crippen molar-refractivity contribution in [2.75, 3.05) is 38.1 Å². The van der Waals surface area contributed by atoms with Gasteiger partial charge in [0.05, 0.1) is 12.1 Å². The number of carbonyl (C=O) groups excluding carboxylic acids is 2. The molecule has 0 bridgehead atoms. The Morgan fingerprint density at radius 3 is 2.77 bits per heavy atom. The number of nitrogens with one attached hydrogen (secondary N) is 2. The maximum Gasteiger partial charge on any atom is 0.250 e. The van der Waals surface area contributed by atoms with Gasteiger partial charge in [-0.05, 0) is 61.2 Å². The van der Waals surface area contributed by atoms with Gasteiger partial charge in [0, 0.05) is 24.9 Å². The number of benzene rings is 2. The van der Waals surface area contributed by atoms with Gasteiger partial charge in [0.25, 0.3) is 0 Å². The number of anilines is 1. The SMILES string of the molecule is O=C=CCN1CCc2ccc(NC(=O)COC3CCNCC3)cc2C1c1ccccc1. The standard InChI is InChI=1S/C25H29N3O3/c29-16-4-14-28-15-11-19-7-8-21(17-23(19)25(28)20-5-2-1-3-6-20)27-24(30)18-31-22-9-12-26-13-10-22/h1-8,17,22,25-26H,9-15,18H2,(H,27,30). The highest BCUT2D eigenvalue weighted by Crippen LogP contribution is 2.36. The summed E-state index contributed by atoms with van der Waals surface area (Å²) in [6.07, 6.45) is 4.46. The summed E-state index contributed by atoms with van der Waals surface area (Å²) >= 11 is 0. The summed E-state index contributed by atoms with van der Waals surface area (Å²) in [6.45, 7) is 3.35. The molecule has 1 unspecified atom stereocenters. The fourth-order valence-electron chi connectivity index (χ4n) is 4.47. The molecule has 2 aromatic rings. The lowest BCUT2D eigenvalue weighted by atomic mass is 9.87. The lowest BCUT2D eigenvalue weighted by molar-refractivity contribution is -0.123. The minimum absolute atomic E-state index is 0.0254. The highest BCUT2D eigenvalue weighted by molar-refractivity contribution is 5.91. The van der Waals surface area contributed by atoms with Crippen LogP contribution >= 0.6 is 0 Å². The van der Waals surface area contributed by atoms with E-state index in [1.165, 1.54) is 17.2 Å². The number of hydrogen-bond donors (Lipinski definition) is 2. The summed E-state index contributed by atoms with van der Waals surface area (Å²) in [5, 5.41) is 6.29. The molecule has 4 rings (SSSR count). The molecule has 2 heterocycles. The molecule has 1 amide bonds. The van der Waals surface area contributed by atoms with Crippen molar-refractivity contribution >= 4 is 17.5 Å². The first-order valence-electron chi connectivity index (χ1n) is 11.0. The smallest absolute Gasteiger partial charge is 0.250 e. The van der Waals surface area contributed by atoms with Crippen molar-refractivity contribution < 1.29 is 14.3 Å². The Morgan fingerprint density at radius 2 is 2.00 bits per heavy atom. The van der Waals surface area contributed by atoms with Crippen molar-refractivity contribution in [1.29, 1.82) is 0 Å². The second-order valence-corrected chi connectivity index (χ2v) is 8.10. The minimum atomic E-state index is -0.133. The molecule has 6 nitrogen and oxygen atoms in total. The van der Waals surface area contributed by atoms with Gasteiger partial charge in [-0.3, -0.25) is 9.69 Å². The lowest BCUT2D eigenvalue weighted by Gasteiger charge is -2.37. The fraction of sp³-hybridized carbons (Fsp3) is 0.400. The summed E-state index contributed by atoms with van der Waals surface area (Å²) in [6, 6.07) is 16.4. The van der Waals surface area contributed by atoms with Gasteiger partial charge >= 0.3 is 0 Å². The van der Waals surface area contributed by atoms with Gasteiger partial charge in [0.1, 0.15) is 12.5 Å². The Hall–Kier alpha value is -2.76. The molecule has 1 saturated heterocycles. The maximum atomic E-state index is 12.5. The number of rotatable bonds is 7. The number of carbonyl (C=O) groups is 1. The number of nitrogens with zero attached hydrogens (tertiary/aromatic N) is 1. The van der Waals surface area contributed by atoms with Crippen LogP contribution in [0.15, 0.2) is 54.6 Å². The number of hydrogen-bond acceptors (Lipinski definition) is 5. The lowest BCUT2D eigenvalue weighted by Crippen LogP contribution is -2.36. The Kier molecular flexibility index (Phi) is 7.28. The molecule has 0 spiro atoms. The Morgan fingerprint density at radius 1 is 1.19 bits per heavy atom. The second kappa shape index (κ2) is 10.5. The van der Waals surface area contributed by atoms with Crippen molar-refractivity contribution in [3.05, 3.63) is 71.3 Å². The number of ether oxygens (including phenoxy) is 1. The second-order valence-electron chi connectivity index (χ2n) is 8.10. The molecule has 0 saturated carbocycles. The van der Waals surface area contributed by atoms with Crippen LogP contribution in [-0.2, 0) is 20.7 Å². The third-order valence-electron chi connectivity index (χ3n) is 6.02. The summed E-state index contributed by atoms with van der Waals surface area (Å²) in [7, 11) is 0. The van der Waals surface area contributed by atoms with Crippen LogP contribution in [0.25, 0.3) is 0 Å². The van der Waals surface area contributed by atoms with Crippen LogP contribution in [0, 0.1) is 0 Å². The van der Waals surface area contributed by atoms with Crippen molar-refractivity contribution in [3.8, 4) is 0 Å². The summed E-state index contributed by atoms with van der Waals surface area (Å²) in [5.41, 5.74) is 4.37. The Bertz CT molecular complexity index is 934. The van der Waals surface area contributed by atoms with Gasteiger partial charge in [-0.2, -0.15) is 0 Å². The summed E-state index contributed by atoms with van der Waals surface area (Å²) in [5.74, 6) is 1.76. The predicted molar refractivity (Wildman–Crippen MR) is 121 cm³/mol. The molecule has 1 atom stereocenters. The molecular weight excluding hydrogens is 390 g/mol. The van der Waals surface area contributed by atoms with Gasteiger partial charge < -0.3 is 15.4 Å². The third-order valence-corrected chi connectivity index (χ3v) is 6.02. The van der Waals surface area contributed by atoms with E-state index in [0.29, 0.717) is 6.54 Å². The zero-order valence-corrected chi connectivity index (χ0v) is 17.7. The first kappa shape index (κ1) is 21.5. The van der Waals surface area contributed by atoms with Crippen molar-refractivity contribution in [3.63, 3.8) is 0 Å². The van der Waals surface area contributed by atoms with E-state index in [-0.39, 0.29) is 24.7 Å². The molecule has 2 aliphatic rings. The molecule has 0 radical (unpaired) electrons. The highest BCUT2D eigenvalue weighted by atomic mass is 16.5. The van der Waals surface area contributed by atoms with E-state index in [2.05, 4.69) is 39.8 Å². The van der Waals surface area contributed by atoms with E-state index < -0.39 is 0 Å². The summed E-state index contributed by atoms with van der Waals surface area (Å²) < 4.78 is 5.78. The van der Waals surface area contributed by atoms with Crippen LogP contribution in [-0.4, -0.2) is 55.6 Å². The monoisotopic (exact) mass is 419 g/mol. The van der Waals surface area contributed by atoms with Crippen LogP contribution in [0.3, 0.4) is 0 Å². The van der Waals surface area contributed by atoms with Gasteiger partial charge in [0.2, 0.25) is 5.91 Å². The van der Waals surface area contributed by atoms with Crippen LogP contribution in [0.5, 0.6) is 0 Å². The van der Waals surface area contributed by atoms with E-state index in [0.717, 1.165) is 50.1 Å². The van der Waals surface area contributed by atoms with Crippen LogP contribution in [0.4, 0.5) is 5.69 Å². The molecular formula is C25H29N3O3. The topological polar surface area (TPSA) is 70.7 Å². The molecule has 2 aliphatic heterocycles. The first-order chi connectivity index (χ1) is 15.2. The van der Waals surface area contributed by atoms with E-state index in [1.54, 1.807) is 0 Å². The molecule has 2 aromatic carbocycles. The van der Waals surface area contributed by atoms with Gasteiger partial charge in [0.15, 0.2) is 0 Å². The normalized spacial score (nSPS) is 19.3. The first-order valence-corrected chi connectivity index (χ1v) is 11.0. The Balaban J connectivity index is 1.51. The average Bonchev–Trinajstić information content (AvgIpc) is 2.82. The maximum absolute atomic E-state index is 12.5. The number of piperidine rings is 1. The predicted octanol–water partition coefficient (Wildman–Crippen LogP) is 2.73. The summed E-state index contributed by atoms with van der Waals surface area (Å²) in [4.78, 5) is 25.6. The van der Waals surface area contributed by atoms with Crippen LogP contribution in [0.2, 0.25) is 0 Å². The molecule has 0 aromatic heterocycles. The largest absolute Gasteiger partial charge is 0.368 e. The van der Waals surface area contributed by atoms with Gasteiger partial charge in [-0.15, -0.1) is 0 Å². The molecule has 31 heavy (non-hydrogen) atoms. The van der Waals surface area contributed by atoms with Crippen molar-refractivity contribution in [2.24, 2.45) is 0 Å². The van der Waals surface area contributed by atoms with E-state index in [9.17, 15) is 9.59 Å². The molecule has 2 N–H and O–H groups in total. The zero-order valence-electron chi connectivity index (χ0n) is 17.7. The number of fused-ring (bicyclic) bond motifs is 1. The van der Waals surface area contributed by atoms with Gasteiger partial charge in [-0.1, -0.05) is 36.4 Å². The molecule has 162 valence electrons. The minimum Gasteiger partial charge on any atom is -0.368 e. The van der Waals surface area contributed by atoms with Crippen LogP contribution in [0.1, 0.15) is 35.6 Å². The van der Waals surface area contributed by atoms with Crippen LogP contribution < -0.4 is 10.6 Å². The molecule has 6 heteroatoms. The average molecular weight is 420 g/mol. The fourth-order valence-corrected chi connectivity index (χ4v) is 4.47. The quantitative estimate of drug-likeness (QED) is 0.676. The highest BCUT2D eigenvalue weighted by Gasteiger charge is 2.28. The van der Waals surface area contributed by atoms with Crippen molar-refractivity contribution in [2.45, 2.75) is 31.4 Å². The molecule has 1 fully saturated rings. The van der Waals surface area contributed by atoms with E-state index in [1.807, 2.05) is 30.2 Å². The number of amides is 1. The van der Waals surface area contributed by atoms with Crippen molar-refractivity contribution in [1.82, 2.24) is 10.2 Å². The van der Waals surface area contributed by atoms with E-state index in [4.69, 9.17) is 4.74 Å². The van der Waals surface area contributed by atoms with E-state index >= 15 is 0 Å². The van der Waals surface area contributed by atoms with Gasteiger partial charge in [-0.25, -0.2) is 4.79 Å². The zero-order chi connectivity index (χ0) is 21.5. The third kappa shape index (κ3) is 5.49. The molecule has 0 aliphatic carbocycles.